The molecule has 0 aliphatic heterocycles. The van der Waals surface area contributed by atoms with E-state index >= 15 is 0 Å². The number of hydrogen-bond donors (Lipinski definition) is 2. The largest absolute Gasteiger partial charge is 0.452 e. The molecular weight excluding hydrogens is 458 g/mol. The summed E-state index contributed by atoms with van der Waals surface area (Å²) in [7, 11) is -3.85. The molecule has 1 amide bonds. The predicted octanol–water partition coefficient (Wildman–Crippen LogP) is 2.58. The molecule has 0 aliphatic rings. The summed E-state index contributed by atoms with van der Waals surface area (Å²) in [6.45, 7) is 1.17. The number of anilines is 2. The third-order valence-electron chi connectivity index (χ3n) is 4.11. The number of oxazole rings is 1. The number of rotatable bonds is 7. The number of carbonyl (C=O) groups excluding carboxylic acids is 2. The minimum Gasteiger partial charge on any atom is -0.452 e. The van der Waals surface area contributed by atoms with Crippen molar-refractivity contribution < 1.29 is 27.2 Å². The number of benzene rings is 2. The summed E-state index contributed by atoms with van der Waals surface area (Å²) in [5, 5.41) is 10.8. The molecule has 4 rings (SSSR count). The van der Waals surface area contributed by atoms with Gasteiger partial charge in [0.05, 0.1) is 10.5 Å². The van der Waals surface area contributed by atoms with Gasteiger partial charge in [-0.3, -0.25) is 9.52 Å². The van der Waals surface area contributed by atoms with Crippen molar-refractivity contribution in [1.82, 2.24) is 15.2 Å². The Morgan fingerprint density at radius 1 is 1.12 bits per heavy atom. The molecule has 0 bridgehead atoms. The standard InChI is InChI=1S/C19H15N5O6S2/c1-11-22-23-19(31-11)24-32(27,28)13-7-5-12(6-8-13)21-16(25)9-29-18(26)14-3-2-4-15-17(14)20-10-30-15/h2-8,10H,9H2,1H3,(H,21,25)(H,23,24). The van der Waals surface area contributed by atoms with Crippen LogP contribution in [0.2, 0.25) is 0 Å². The summed E-state index contributed by atoms with van der Waals surface area (Å²) < 4.78 is 37.3. The van der Waals surface area contributed by atoms with Crippen LogP contribution in [0.1, 0.15) is 15.4 Å². The first kappa shape index (κ1) is 21.4. The molecule has 11 nitrogen and oxygen atoms in total. The molecule has 164 valence electrons. The zero-order valence-corrected chi connectivity index (χ0v) is 18.1. The van der Waals surface area contributed by atoms with Crippen LogP contribution in [0.5, 0.6) is 0 Å². The van der Waals surface area contributed by atoms with E-state index in [9.17, 15) is 18.0 Å². The van der Waals surface area contributed by atoms with Crippen molar-refractivity contribution in [3.05, 3.63) is 59.4 Å². The number of carbonyl (C=O) groups is 2. The maximum Gasteiger partial charge on any atom is 0.340 e. The molecular formula is C19H15N5O6S2. The van der Waals surface area contributed by atoms with Crippen LogP contribution in [0, 0.1) is 6.92 Å². The van der Waals surface area contributed by atoms with Crippen molar-refractivity contribution in [1.29, 1.82) is 0 Å². The Labute approximate surface area is 185 Å². The van der Waals surface area contributed by atoms with Crippen LogP contribution in [0.3, 0.4) is 0 Å². The average Bonchev–Trinajstić information content (AvgIpc) is 3.40. The van der Waals surface area contributed by atoms with Gasteiger partial charge in [-0.1, -0.05) is 17.4 Å². The average molecular weight is 473 g/mol. The minimum absolute atomic E-state index is 0.0181. The fourth-order valence-electron chi connectivity index (χ4n) is 2.69. The maximum atomic E-state index is 12.4. The van der Waals surface area contributed by atoms with Gasteiger partial charge in [0.25, 0.3) is 15.9 Å². The number of sulfonamides is 1. The van der Waals surface area contributed by atoms with Crippen molar-refractivity contribution in [3.63, 3.8) is 0 Å². The molecule has 2 aromatic carbocycles. The molecule has 4 aromatic rings. The van der Waals surface area contributed by atoms with Crippen LogP contribution in [0.4, 0.5) is 10.8 Å². The quantitative estimate of drug-likeness (QED) is 0.385. The number of nitrogens with one attached hydrogen (secondary N) is 2. The van der Waals surface area contributed by atoms with Gasteiger partial charge < -0.3 is 14.5 Å². The van der Waals surface area contributed by atoms with Gasteiger partial charge in [-0.15, -0.1) is 10.2 Å². The molecule has 0 atom stereocenters. The predicted molar refractivity (Wildman–Crippen MR) is 115 cm³/mol. The Kier molecular flexibility index (Phi) is 5.83. The lowest BCUT2D eigenvalue weighted by Gasteiger charge is -2.08. The van der Waals surface area contributed by atoms with E-state index < -0.39 is 28.5 Å². The van der Waals surface area contributed by atoms with Gasteiger partial charge in [-0.05, 0) is 43.3 Å². The smallest absolute Gasteiger partial charge is 0.340 e. The Balaban J connectivity index is 1.34. The number of ether oxygens (including phenoxy) is 1. The summed E-state index contributed by atoms with van der Waals surface area (Å²) in [6, 6.07) is 10.3. The first-order chi connectivity index (χ1) is 15.3. The van der Waals surface area contributed by atoms with Gasteiger partial charge in [-0.25, -0.2) is 18.2 Å². The van der Waals surface area contributed by atoms with Gasteiger partial charge in [0, 0.05) is 5.69 Å². The highest BCUT2D eigenvalue weighted by molar-refractivity contribution is 7.93. The van der Waals surface area contributed by atoms with Crippen molar-refractivity contribution in [2.24, 2.45) is 0 Å². The number of fused-ring (bicyclic) bond motifs is 1. The molecule has 13 heteroatoms. The molecule has 0 saturated heterocycles. The zero-order chi connectivity index (χ0) is 22.7. The zero-order valence-electron chi connectivity index (χ0n) is 16.4. The molecule has 2 aromatic heterocycles. The van der Waals surface area contributed by atoms with Crippen LogP contribution in [-0.4, -0.2) is 42.1 Å². The van der Waals surface area contributed by atoms with E-state index in [-0.39, 0.29) is 15.6 Å². The molecule has 2 heterocycles. The number of para-hydroxylation sites is 1. The monoisotopic (exact) mass is 473 g/mol. The van der Waals surface area contributed by atoms with E-state index in [0.29, 0.717) is 21.8 Å². The van der Waals surface area contributed by atoms with E-state index in [1.165, 1.54) is 36.7 Å². The van der Waals surface area contributed by atoms with E-state index in [1.807, 2.05) is 0 Å². The lowest BCUT2D eigenvalue weighted by atomic mass is 10.2. The third-order valence-corrected chi connectivity index (χ3v) is 6.35. The second kappa shape index (κ2) is 8.72. The maximum absolute atomic E-state index is 12.4. The van der Waals surface area contributed by atoms with Crippen LogP contribution in [0.25, 0.3) is 11.1 Å². The molecule has 0 fully saturated rings. The Morgan fingerprint density at radius 3 is 2.62 bits per heavy atom. The van der Waals surface area contributed by atoms with Gasteiger partial charge >= 0.3 is 5.97 Å². The Hall–Kier alpha value is -3.84. The number of aromatic nitrogens is 3. The molecule has 0 spiro atoms. The normalized spacial score (nSPS) is 11.3. The highest BCUT2D eigenvalue weighted by Crippen LogP contribution is 2.21. The molecule has 0 aliphatic carbocycles. The number of amides is 1. The lowest BCUT2D eigenvalue weighted by molar-refractivity contribution is -0.119. The number of aryl methyl sites for hydroxylation is 1. The van der Waals surface area contributed by atoms with E-state index in [4.69, 9.17) is 9.15 Å². The topological polar surface area (TPSA) is 153 Å². The van der Waals surface area contributed by atoms with Crippen LogP contribution >= 0.6 is 11.3 Å². The minimum atomic E-state index is -3.85. The van der Waals surface area contributed by atoms with E-state index in [0.717, 1.165) is 11.3 Å². The van der Waals surface area contributed by atoms with Gasteiger partial charge in [0.2, 0.25) is 5.13 Å². The lowest BCUT2D eigenvalue weighted by Crippen LogP contribution is -2.21. The van der Waals surface area contributed by atoms with Crippen molar-refractivity contribution in [2.45, 2.75) is 11.8 Å². The third kappa shape index (κ3) is 4.73. The second-order valence-electron chi connectivity index (χ2n) is 6.39. The fourth-order valence-corrected chi connectivity index (χ4v) is 4.51. The molecule has 2 N–H and O–H groups in total. The second-order valence-corrected chi connectivity index (χ2v) is 9.25. The SMILES string of the molecule is Cc1nnc(NS(=O)(=O)c2ccc(NC(=O)COC(=O)c3cccc4ocnc34)cc2)s1. The summed E-state index contributed by atoms with van der Waals surface area (Å²) in [5.74, 6) is -1.32. The molecule has 0 saturated carbocycles. The van der Waals surface area contributed by atoms with Crippen molar-refractivity contribution >= 4 is 55.2 Å². The van der Waals surface area contributed by atoms with Crippen LogP contribution < -0.4 is 10.0 Å². The van der Waals surface area contributed by atoms with Gasteiger partial charge in [0.15, 0.2) is 18.6 Å². The fraction of sp³-hybridized carbons (Fsp3) is 0.105. The molecule has 0 radical (unpaired) electrons. The van der Waals surface area contributed by atoms with Gasteiger partial charge in [-0.2, -0.15) is 0 Å². The van der Waals surface area contributed by atoms with E-state index in [2.05, 4.69) is 25.2 Å². The summed E-state index contributed by atoms with van der Waals surface area (Å²) >= 11 is 1.11. The summed E-state index contributed by atoms with van der Waals surface area (Å²) in [4.78, 5) is 28.3. The number of esters is 1. The Bertz CT molecular complexity index is 1400. The number of hydrogen-bond acceptors (Lipinski definition) is 10. The van der Waals surface area contributed by atoms with E-state index in [1.54, 1.807) is 19.1 Å². The van der Waals surface area contributed by atoms with Crippen LogP contribution in [-0.2, 0) is 19.6 Å². The number of nitrogens with zero attached hydrogens (tertiary/aromatic N) is 3. The van der Waals surface area contributed by atoms with Gasteiger partial charge in [0.1, 0.15) is 10.5 Å². The Morgan fingerprint density at radius 2 is 1.91 bits per heavy atom. The summed E-state index contributed by atoms with van der Waals surface area (Å²) in [6.07, 6.45) is 1.21. The molecule has 32 heavy (non-hydrogen) atoms. The first-order valence-electron chi connectivity index (χ1n) is 9.04. The molecule has 0 unspecified atom stereocenters. The first-order valence-corrected chi connectivity index (χ1v) is 11.3. The van der Waals surface area contributed by atoms with Crippen LogP contribution in [0.15, 0.2) is 58.2 Å². The van der Waals surface area contributed by atoms with Crippen molar-refractivity contribution in [2.75, 3.05) is 16.6 Å². The van der Waals surface area contributed by atoms with Crippen molar-refractivity contribution in [3.8, 4) is 0 Å². The highest BCUT2D eigenvalue weighted by atomic mass is 32.2. The summed E-state index contributed by atoms with van der Waals surface area (Å²) in [5.41, 5.74) is 1.27. The highest BCUT2D eigenvalue weighted by Gasteiger charge is 2.18.